The zero-order valence-corrected chi connectivity index (χ0v) is 12.1. The van der Waals surface area contributed by atoms with E-state index >= 15 is 0 Å². The molecule has 1 N–H and O–H groups in total. The van der Waals surface area contributed by atoms with Crippen LogP contribution in [-0.2, 0) is 0 Å². The lowest BCUT2D eigenvalue weighted by Gasteiger charge is -2.35. The van der Waals surface area contributed by atoms with Gasteiger partial charge < -0.3 is 5.32 Å². The van der Waals surface area contributed by atoms with Crippen molar-refractivity contribution in [1.82, 2.24) is 10.2 Å². The molecule has 2 nitrogen and oxygen atoms in total. The van der Waals surface area contributed by atoms with Crippen molar-refractivity contribution in [2.24, 2.45) is 0 Å². The van der Waals surface area contributed by atoms with Gasteiger partial charge in [-0.2, -0.15) is 0 Å². The van der Waals surface area contributed by atoms with Crippen LogP contribution in [0.3, 0.4) is 0 Å². The first kappa shape index (κ1) is 14.8. The first-order valence-corrected chi connectivity index (χ1v) is 7.09. The number of hydrogen-bond donors (Lipinski definition) is 1. The summed E-state index contributed by atoms with van der Waals surface area (Å²) in [4.78, 5) is 2.22. The Balaban J connectivity index is 2.37. The van der Waals surface area contributed by atoms with E-state index in [1.54, 1.807) is 12.1 Å². The van der Waals surface area contributed by atoms with Crippen LogP contribution in [-0.4, -0.2) is 31.1 Å². The zero-order chi connectivity index (χ0) is 13.8. The number of halogens is 3. The molecular weight excluding hydrogens is 286 g/mol. The smallest absolute Gasteiger partial charge is 0.148 e. The second-order valence-corrected chi connectivity index (χ2v) is 5.40. The minimum absolute atomic E-state index is 0.106. The Morgan fingerprint density at radius 2 is 1.95 bits per heavy atom. The number of piperazine rings is 1. The lowest BCUT2D eigenvalue weighted by atomic mass is 10.0. The van der Waals surface area contributed by atoms with Crippen LogP contribution in [0.1, 0.15) is 18.0 Å². The fourth-order valence-electron chi connectivity index (χ4n) is 2.45. The summed E-state index contributed by atoms with van der Waals surface area (Å²) >= 11 is 12.1. The van der Waals surface area contributed by atoms with Gasteiger partial charge in [-0.15, -0.1) is 6.58 Å². The summed E-state index contributed by atoms with van der Waals surface area (Å²) in [6, 6.07) is 3.04. The quantitative estimate of drug-likeness (QED) is 0.674. The molecule has 1 aromatic rings. The largest absolute Gasteiger partial charge is 0.314 e. The van der Waals surface area contributed by atoms with Crippen LogP contribution in [0.4, 0.5) is 4.39 Å². The number of rotatable bonds is 4. The van der Waals surface area contributed by atoms with E-state index in [4.69, 9.17) is 23.2 Å². The Kier molecular flexibility index (Phi) is 5.22. The Labute approximate surface area is 123 Å². The molecule has 0 radical (unpaired) electrons. The second-order valence-electron chi connectivity index (χ2n) is 4.58. The molecule has 1 heterocycles. The summed E-state index contributed by atoms with van der Waals surface area (Å²) in [5.74, 6) is -0.417. The van der Waals surface area contributed by atoms with E-state index in [-0.39, 0.29) is 11.1 Å². The monoisotopic (exact) mass is 302 g/mol. The van der Waals surface area contributed by atoms with E-state index in [1.165, 1.54) is 6.07 Å². The molecule has 2 rings (SSSR count). The molecule has 0 aliphatic carbocycles. The molecule has 1 atom stereocenters. The van der Waals surface area contributed by atoms with Crippen molar-refractivity contribution < 1.29 is 4.39 Å². The molecule has 1 aromatic carbocycles. The first-order chi connectivity index (χ1) is 9.15. The van der Waals surface area contributed by atoms with Gasteiger partial charge >= 0.3 is 0 Å². The highest BCUT2D eigenvalue weighted by Crippen LogP contribution is 2.35. The van der Waals surface area contributed by atoms with Crippen LogP contribution in [0.2, 0.25) is 10.0 Å². The molecule has 0 unspecified atom stereocenters. The van der Waals surface area contributed by atoms with E-state index in [2.05, 4.69) is 16.8 Å². The van der Waals surface area contributed by atoms with Crippen LogP contribution in [0, 0.1) is 5.82 Å². The van der Waals surface area contributed by atoms with Crippen molar-refractivity contribution in [3.8, 4) is 0 Å². The third-order valence-corrected chi connectivity index (χ3v) is 4.02. The lowest BCUT2D eigenvalue weighted by molar-refractivity contribution is 0.171. The van der Waals surface area contributed by atoms with Gasteiger partial charge in [-0.3, -0.25) is 4.90 Å². The molecule has 0 bridgehead atoms. The van der Waals surface area contributed by atoms with Gasteiger partial charge in [0, 0.05) is 42.8 Å². The summed E-state index contributed by atoms with van der Waals surface area (Å²) in [6.07, 6.45) is 2.44. The predicted octanol–water partition coefficient (Wildman–Crippen LogP) is 3.65. The van der Waals surface area contributed by atoms with Gasteiger partial charge in [-0.1, -0.05) is 29.3 Å². The van der Waals surface area contributed by atoms with E-state index in [9.17, 15) is 4.39 Å². The Morgan fingerprint density at radius 3 is 2.58 bits per heavy atom. The minimum atomic E-state index is -0.417. The molecule has 19 heavy (non-hydrogen) atoms. The molecule has 0 spiro atoms. The standard InChI is InChI=1S/C14H17Cl2FN2/c1-2-3-12(19-8-6-18-7-9-19)13-10(15)4-5-11(16)14(13)17/h2,4-5,12,18H,1,3,6-9H2/t12-/m0/s1. The topological polar surface area (TPSA) is 15.3 Å². The van der Waals surface area contributed by atoms with Gasteiger partial charge in [-0.25, -0.2) is 4.39 Å². The Bertz CT molecular complexity index is 459. The second kappa shape index (κ2) is 6.71. The van der Waals surface area contributed by atoms with Gasteiger partial charge in [-0.05, 0) is 18.6 Å². The number of hydrogen-bond acceptors (Lipinski definition) is 2. The van der Waals surface area contributed by atoms with Crippen molar-refractivity contribution in [3.05, 3.63) is 46.2 Å². The SMILES string of the molecule is C=CC[C@@H](c1c(Cl)ccc(Cl)c1F)N1CCNCC1. The van der Waals surface area contributed by atoms with Crippen LogP contribution in [0.15, 0.2) is 24.8 Å². The maximum absolute atomic E-state index is 14.3. The fraction of sp³-hybridized carbons (Fsp3) is 0.429. The maximum Gasteiger partial charge on any atom is 0.148 e. The van der Waals surface area contributed by atoms with Crippen LogP contribution < -0.4 is 5.32 Å². The van der Waals surface area contributed by atoms with Crippen LogP contribution >= 0.6 is 23.2 Å². The molecular formula is C14H17Cl2FN2. The minimum Gasteiger partial charge on any atom is -0.314 e. The molecule has 0 saturated carbocycles. The summed E-state index contributed by atoms with van der Waals surface area (Å²) in [5.41, 5.74) is 0.482. The van der Waals surface area contributed by atoms with Crippen molar-refractivity contribution in [2.75, 3.05) is 26.2 Å². The predicted molar refractivity (Wildman–Crippen MR) is 78.4 cm³/mol. The Morgan fingerprint density at radius 1 is 1.32 bits per heavy atom. The molecule has 1 aliphatic rings. The van der Waals surface area contributed by atoms with E-state index < -0.39 is 5.82 Å². The average Bonchev–Trinajstić information content (AvgIpc) is 2.43. The van der Waals surface area contributed by atoms with Crippen molar-refractivity contribution in [3.63, 3.8) is 0 Å². The molecule has 0 aromatic heterocycles. The van der Waals surface area contributed by atoms with Gasteiger partial charge in [0.1, 0.15) is 5.82 Å². The normalized spacial score (nSPS) is 18.3. The van der Waals surface area contributed by atoms with E-state index in [0.717, 1.165) is 26.2 Å². The summed E-state index contributed by atoms with van der Waals surface area (Å²) in [7, 11) is 0. The lowest BCUT2D eigenvalue weighted by Crippen LogP contribution is -2.45. The highest BCUT2D eigenvalue weighted by Gasteiger charge is 2.26. The van der Waals surface area contributed by atoms with Gasteiger partial charge in [0.05, 0.1) is 5.02 Å². The van der Waals surface area contributed by atoms with E-state index in [1.807, 2.05) is 0 Å². The van der Waals surface area contributed by atoms with Crippen molar-refractivity contribution >= 4 is 23.2 Å². The first-order valence-electron chi connectivity index (χ1n) is 6.34. The Hall–Kier alpha value is -0.610. The van der Waals surface area contributed by atoms with Crippen LogP contribution in [0.5, 0.6) is 0 Å². The highest BCUT2D eigenvalue weighted by molar-refractivity contribution is 6.33. The molecule has 104 valence electrons. The molecule has 5 heteroatoms. The van der Waals surface area contributed by atoms with Crippen LogP contribution in [0.25, 0.3) is 0 Å². The van der Waals surface area contributed by atoms with Crippen molar-refractivity contribution in [1.29, 1.82) is 0 Å². The number of nitrogens with zero attached hydrogens (tertiary/aromatic N) is 1. The van der Waals surface area contributed by atoms with E-state index in [0.29, 0.717) is 17.0 Å². The van der Waals surface area contributed by atoms with Gasteiger partial charge in [0.2, 0.25) is 0 Å². The van der Waals surface area contributed by atoms with Gasteiger partial charge in [0.15, 0.2) is 0 Å². The molecule has 0 amide bonds. The summed E-state index contributed by atoms with van der Waals surface area (Å²) < 4.78 is 14.3. The average molecular weight is 303 g/mol. The zero-order valence-electron chi connectivity index (χ0n) is 10.6. The fourth-order valence-corrected chi connectivity index (χ4v) is 2.89. The molecule has 1 fully saturated rings. The molecule has 1 aliphatic heterocycles. The third kappa shape index (κ3) is 3.29. The van der Waals surface area contributed by atoms with Crippen molar-refractivity contribution in [2.45, 2.75) is 12.5 Å². The number of benzene rings is 1. The molecule has 1 saturated heterocycles. The summed E-state index contributed by atoms with van der Waals surface area (Å²) in [6.45, 7) is 7.28. The summed E-state index contributed by atoms with van der Waals surface area (Å²) in [5, 5.41) is 3.82. The third-order valence-electron chi connectivity index (χ3n) is 3.39. The van der Waals surface area contributed by atoms with Gasteiger partial charge in [0.25, 0.3) is 0 Å². The maximum atomic E-state index is 14.3. The number of nitrogens with one attached hydrogen (secondary N) is 1. The highest BCUT2D eigenvalue weighted by atomic mass is 35.5.